The lowest BCUT2D eigenvalue weighted by molar-refractivity contribution is -0.0113. The van der Waals surface area contributed by atoms with Crippen LogP contribution in [0.15, 0.2) is 17.1 Å². The molecule has 2 aliphatic rings. The van der Waals surface area contributed by atoms with Gasteiger partial charge in [-0.05, 0) is 38.0 Å². The van der Waals surface area contributed by atoms with E-state index in [-0.39, 0.29) is 5.56 Å². The van der Waals surface area contributed by atoms with Crippen LogP contribution in [0.25, 0.3) is 5.65 Å². The van der Waals surface area contributed by atoms with E-state index in [2.05, 4.69) is 28.0 Å². The second-order valence-electron chi connectivity index (χ2n) is 7.19. The number of aromatic amines is 1. The Bertz CT molecular complexity index is 839. The lowest BCUT2D eigenvalue weighted by Gasteiger charge is -2.51. The fraction of sp³-hybridized carbons (Fsp3) is 0.588. The fourth-order valence-corrected chi connectivity index (χ4v) is 4.06. The van der Waals surface area contributed by atoms with Crippen molar-refractivity contribution in [1.29, 1.82) is 5.26 Å². The van der Waals surface area contributed by atoms with Crippen molar-refractivity contribution in [2.24, 2.45) is 5.41 Å². The zero-order valence-corrected chi connectivity index (χ0v) is 13.4. The van der Waals surface area contributed by atoms with Gasteiger partial charge >= 0.3 is 0 Å². The molecule has 3 heterocycles. The van der Waals surface area contributed by atoms with Crippen molar-refractivity contribution in [1.82, 2.24) is 19.5 Å². The first-order chi connectivity index (χ1) is 11.1. The van der Waals surface area contributed by atoms with Crippen LogP contribution >= 0.6 is 0 Å². The molecule has 1 atom stereocenters. The van der Waals surface area contributed by atoms with Crippen molar-refractivity contribution in [3.05, 3.63) is 33.9 Å². The lowest BCUT2D eigenvalue weighted by Crippen LogP contribution is -2.50. The molecule has 4 rings (SSSR count). The second kappa shape index (κ2) is 5.20. The number of likely N-dealkylation sites (tertiary alicyclic amines) is 1. The highest BCUT2D eigenvalue weighted by atomic mass is 16.1. The lowest BCUT2D eigenvalue weighted by atomic mass is 9.63. The summed E-state index contributed by atoms with van der Waals surface area (Å²) in [5.41, 5.74) is 1.95. The third kappa shape index (κ3) is 2.36. The first kappa shape index (κ1) is 14.5. The molecule has 1 unspecified atom stereocenters. The summed E-state index contributed by atoms with van der Waals surface area (Å²) in [6.45, 7) is 4.05. The Balaban J connectivity index is 1.64. The van der Waals surface area contributed by atoms with Gasteiger partial charge < -0.3 is 0 Å². The smallest absolute Gasteiger partial charge is 0.272 e. The molecule has 0 amide bonds. The topological polar surface area (TPSA) is 77.2 Å². The molecule has 1 N–H and O–H groups in total. The number of fused-ring (bicyclic) bond motifs is 1. The maximum absolute atomic E-state index is 12.2. The van der Waals surface area contributed by atoms with Gasteiger partial charge in [0.2, 0.25) is 0 Å². The summed E-state index contributed by atoms with van der Waals surface area (Å²) < 4.78 is 1.33. The van der Waals surface area contributed by atoms with E-state index in [4.69, 9.17) is 5.26 Å². The van der Waals surface area contributed by atoms with Crippen LogP contribution in [0.4, 0.5) is 0 Å². The summed E-state index contributed by atoms with van der Waals surface area (Å²) in [6.07, 6.45) is 8.09. The molecule has 6 heteroatoms. The van der Waals surface area contributed by atoms with Gasteiger partial charge in [0.05, 0.1) is 5.69 Å². The molecule has 23 heavy (non-hydrogen) atoms. The molecular weight excluding hydrogens is 290 g/mol. The van der Waals surface area contributed by atoms with Gasteiger partial charge in [-0.1, -0.05) is 6.42 Å². The van der Waals surface area contributed by atoms with Crippen molar-refractivity contribution in [2.45, 2.75) is 51.6 Å². The molecule has 1 saturated carbocycles. The van der Waals surface area contributed by atoms with E-state index in [1.807, 2.05) is 0 Å². The minimum atomic E-state index is -0.158. The summed E-state index contributed by atoms with van der Waals surface area (Å²) in [4.78, 5) is 19.2. The summed E-state index contributed by atoms with van der Waals surface area (Å²) in [6, 6.07) is 4.18. The molecule has 0 aromatic carbocycles. The number of aromatic nitrogens is 3. The summed E-state index contributed by atoms with van der Waals surface area (Å²) in [5, 5.41) is 11.9. The molecule has 2 aromatic heterocycles. The largest absolute Gasteiger partial charge is 0.295 e. The van der Waals surface area contributed by atoms with Gasteiger partial charge in [-0.15, -0.1) is 0 Å². The number of hydrogen-bond acceptors (Lipinski definition) is 4. The van der Waals surface area contributed by atoms with Crippen molar-refractivity contribution in [3.8, 4) is 6.07 Å². The van der Waals surface area contributed by atoms with E-state index in [0.717, 1.165) is 12.2 Å². The van der Waals surface area contributed by atoms with E-state index in [0.29, 0.717) is 29.2 Å². The minimum Gasteiger partial charge on any atom is -0.295 e. The summed E-state index contributed by atoms with van der Waals surface area (Å²) in [7, 11) is 0. The van der Waals surface area contributed by atoms with Crippen LogP contribution in [-0.2, 0) is 6.54 Å². The Morgan fingerprint density at radius 2 is 2.30 bits per heavy atom. The number of rotatable bonds is 2. The van der Waals surface area contributed by atoms with E-state index in [9.17, 15) is 4.79 Å². The summed E-state index contributed by atoms with van der Waals surface area (Å²) >= 11 is 0. The molecule has 6 nitrogen and oxygen atoms in total. The van der Waals surface area contributed by atoms with E-state index < -0.39 is 0 Å². The number of nitrogens with one attached hydrogen (secondary N) is 1. The van der Waals surface area contributed by atoms with Crippen LogP contribution in [-0.4, -0.2) is 32.1 Å². The maximum Gasteiger partial charge on any atom is 0.272 e. The number of nitriles is 1. The van der Waals surface area contributed by atoms with Crippen molar-refractivity contribution in [2.75, 3.05) is 6.54 Å². The van der Waals surface area contributed by atoms with Crippen LogP contribution < -0.4 is 5.56 Å². The van der Waals surface area contributed by atoms with E-state index >= 15 is 0 Å². The monoisotopic (exact) mass is 311 g/mol. The normalized spacial score (nSPS) is 23.7. The molecule has 2 fully saturated rings. The quantitative estimate of drug-likeness (QED) is 0.921. The molecule has 2 aromatic rings. The van der Waals surface area contributed by atoms with Gasteiger partial charge in [-0.25, -0.2) is 9.50 Å². The highest BCUT2D eigenvalue weighted by Gasteiger charge is 2.42. The number of hydrogen-bond donors (Lipinski definition) is 1. The van der Waals surface area contributed by atoms with Gasteiger partial charge in [0.25, 0.3) is 5.56 Å². The van der Waals surface area contributed by atoms with Crippen LogP contribution in [0.5, 0.6) is 0 Å². The molecule has 0 radical (unpaired) electrons. The predicted octanol–water partition coefficient (Wildman–Crippen LogP) is 2.05. The average molecular weight is 311 g/mol. The molecule has 1 aliphatic heterocycles. The van der Waals surface area contributed by atoms with E-state index in [1.54, 1.807) is 6.07 Å². The van der Waals surface area contributed by atoms with Crippen molar-refractivity contribution < 1.29 is 0 Å². The molecule has 1 spiro atoms. The average Bonchev–Trinajstić information content (AvgIpc) is 2.91. The highest BCUT2D eigenvalue weighted by Crippen LogP contribution is 2.48. The fourth-order valence-electron chi connectivity index (χ4n) is 4.06. The second-order valence-corrected chi connectivity index (χ2v) is 7.19. The first-order valence-corrected chi connectivity index (χ1v) is 8.34. The third-order valence-electron chi connectivity index (χ3n) is 5.70. The Morgan fingerprint density at radius 1 is 1.48 bits per heavy atom. The van der Waals surface area contributed by atoms with Crippen molar-refractivity contribution in [3.63, 3.8) is 0 Å². The standard InChI is InChI=1S/C17H21N5O/c1-12-3-6-17(4-2-5-17)11-21(12)10-14-7-15(23)22-16(20-14)13(8-18)9-19-22/h7,9,12,19H,2-6,10-11H2,1H3. The SMILES string of the molecule is CC1CCC2(CCC2)CN1Cc1cc(=O)n2[nH]cc(C#N)c2n1. The number of H-pyrrole nitrogens is 1. The molecular formula is C17H21N5O. The zero-order chi connectivity index (χ0) is 16.0. The Kier molecular flexibility index (Phi) is 3.27. The van der Waals surface area contributed by atoms with Crippen LogP contribution in [0.1, 0.15) is 50.3 Å². The number of piperidine rings is 1. The zero-order valence-electron chi connectivity index (χ0n) is 13.4. The predicted molar refractivity (Wildman–Crippen MR) is 85.9 cm³/mol. The van der Waals surface area contributed by atoms with E-state index in [1.165, 1.54) is 42.8 Å². The molecule has 120 valence electrons. The Hall–Kier alpha value is -2.13. The summed E-state index contributed by atoms with van der Waals surface area (Å²) in [5.74, 6) is 0. The number of nitrogens with zero attached hydrogens (tertiary/aromatic N) is 4. The molecule has 1 saturated heterocycles. The van der Waals surface area contributed by atoms with Crippen LogP contribution in [0, 0.1) is 16.7 Å². The minimum absolute atomic E-state index is 0.158. The van der Waals surface area contributed by atoms with Crippen LogP contribution in [0.2, 0.25) is 0 Å². The van der Waals surface area contributed by atoms with Gasteiger partial charge in [0, 0.05) is 31.4 Å². The van der Waals surface area contributed by atoms with Crippen LogP contribution in [0.3, 0.4) is 0 Å². The molecule has 0 bridgehead atoms. The van der Waals surface area contributed by atoms with Crippen molar-refractivity contribution >= 4 is 5.65 Å². The van der Waals surface area contributed by atoms with Gasteiger partial charge in [-0.3, -0.25) is 14.8 Å². The maximum atomic E-state index is 12.2. The van der Waals surface area contributed by atoms with Gasteiger partial charge in [0.15, 0.2) is 5.65 Å². The Morgan fingerprint density at radius 3 is 3.00 bits per heavy atom. The highest BCUT2D eigenvalue weighted by molar-refractivity contribution is 5.53. The molecule has 1 aliphatic carbocycles. The Labute approximate surface area is 134 Å². The first-order valence-electron chi connectivity index (χ1n) is 8.34. The van der Waals surface area contributed by atoms with Gasteiger partial charge in [0.1, 0.15) is 11.6 Å². The van der Waals surface area contributed by atoms with Gasteiger partial charge in [-0.2, -0.15) is 5.26 Å². The third-order valence-corrected chi connectivity index (χ3v) is 5.70.